The first-order valence-electron chi connectivity index (χ1n) is 7.74. The molecule has 0 amide bonds. The molecule has 3 rings (SSSR count). The Hall–Kier alpha value is -0.510. The smallest absolute Gasteiger partial charge is 0.0415 e. The summed E-state index contributed by atoms with van der Waals surface area (Å²) in [6.45, 7) is 6.09. The van der Waals surface area contributed by atoms with E-state index in [1.165, 1.54) is 48.6 Å². The minimum absolute atomic E-state index is 0.476. The second-order valence-corrected chi connectivity index (χ2v) is 7.79. The highest BCUT2D eigenvalue weighted by Gasteiger charge is 2.30. The van der Waals surface area contributed by atoms with Crippen LogP contribution >= 0.6 is 11.8 Å². The number of rotatable bonds is 3. The van der Waals surface area contributed by atoms with Crippen LogP contribution in [0.2, 0.25) is 0 Å². The summed E-state index contributed by atoms with van der Waals surface area (Å²) in [6.07, 6.45) is 2.63. The van der Waals surface area contributed by atoms with E-state index in [-0.39, 0.29) is 0 Å². The zero-order valence-corrected chi connectivity index (χ0v) is 13.5. The van der Waals surface area contributed by atoms with E-state index in [0.29, 0.717) is 11.5 Å². The minimum Gasteiger partial charge on any atom is -0.309 e. The minimum atomic E-state index is 0.476. The number of hydrogen-bond donors (Lipinski definition) is 1. The number of fused-ring (bicyclic) bond motifs is 1. The van der Waals surface area contributed by atoms with Crippen LogP contribution < -0.4 is 5.32 Å². The number of nitrogens with one attached hydrogen (secondary N) is 1. The summed E-state index contributed by atoms with van der Waals surface area (Å²) >= 11 is 2.06. The molecule has 3 heteroatoms. The second-order valence-electron chi connectivity index (χ2n) is 6.76. The predicted octanol–water partition coefficient (Wildman–Crippen LogP) is 3.30. The van der Waals surface area contributed by atoms with Crippen molar-refractivity contribution < 1.29 is 0 Å². The molecular weight excluding hydrogens is 264 g/mol. The highest BCUT2D eigenvalue weighted by molar-refractivity contribution is 7.98. The van der Waals surface area contributed by atoms with Crippen LogP contribution in [-0.4, -0.2) is 37.3 Å². The Bertz CT molecular complexity index is 452. The molecule has 110 valence electrons. The van der Waals surface area contributed by atoms with Crippen molar-refractivity contribution in [1.82, 2.24) is 10.2 Å². The average Bonchev–Trinajstić information content (AvgIpc) is 2.49. The summed E-state index contributed by atoms with van der Waals surface area (Å²) in [6, 6.07) is 9.49. The van der Waals surface area contributed by atoms with Gasteiger partial charge in [0.25, 0.3) is 0 Å². The molecule has 2 nitrogen and oxygen atoms in total. The number of likely N-dealkylation sites (tertiary alicyclic amines) is 1. The van der Waals surface area contributed by atoms with Crippen molar-refractivity contribution in [2.45, 2.75) is 31.6 Å². The van der Waals surface area contributed by atoms with E-state index >= 15 is 0 Å². The Morgan fingerprint density at radius 3 is 2.85 bits per heavy atom. The summed E-state index contributed by atoms with van der Waals surface area (Å²) in [5, 5.41) is 3.86. The van der Waals surface area contributed by atoms with Crippen molar-refractivity contribution in [3.63, 3.8) is 0 Å². The van der Waals surface area contributed by atoms with E-state index in [0.717, 1.165) is 6.54 Å². The topological polar surface area (TPSA) is 15.3 Å². The number of piperidine rings is 1. The summed E-state index contributed by atoms with van der Waals surface area (Å²) in [4.78, 5) is 2.45. The molecule has 1 N–H and O–H groups in total. The monoisotopic (exact) mass is 290 g/mol. The van der Waals surface area contributed by atoms with Crippen LogP contribution in [0.25, 0.3) is 0 Å². The number of benzene rings is 1. The maximum atomic E-state index is 3.86. The Morgan fingerprint density at radius 1 is 1.30 bits per heavy atom. The van der Waals surface area contributed by atoms with Gasteiger partial charge in [-0.3, -0.25) is 0 Å². The normalized spacial score (nSPS) is 26.2. The first kappa shape index (κ1) is 14.4. The van der Waals surface area contributed by atoms with Gasteiger partial charge >= 0.3 is 0 Å². The third kappa shape index (κ3) is 3.21. The Labute approximate surface area is 127 Å². The molecule has 1 saturated heterocycles. The molecule has 2 aliphatic heterocycles. The van der Waals surface area contributed by atoms with Gasteiger partial charge in [0.15, 0.2) is 0 Å². The fourth-order valence-corrected chi connectivity index (χ4v) is 4.39. The summed E-state index contributed by atoms with van der Waals surface area (Å²) in [7, 11) is 2.24. The molecule has 1 fully saturated rings. The van der Waals surface area contributed by atoms with Crippen molar-refractivity contribution >= 4 is 11.8 Å². The van der Waals surface area contributed by atoms with E-state index in [2.05, 4.69) is 60.2 Å². The van der Waals surface area contributed by atoms with Crippen LogP contribution in [0.15, 0.2) is 24.3 Å². The third-order valence-corrected chi connectivity index (χ3v) is 6.03. The maximum Gasteiger partial charge on any atom is 0.0415 e. The molecule has 0 bridgehead atoms. The third-order valence-electron chi connectivity index (χ3n) is 4.94. The molecule has 2 aliphatic rings. The van der Waals surface area contributed by atoms with Gasteiger partial charge in [0.1, 0.15) is 0 Å². The Kier molecular flexibility index (Phi) is 4.39. The van der Waals surface area contributed by atoms with Gasteiger partial charge in [-0.1, -0.05) is 31.2 Å². The van der Waals surface area contributed by atoms with Crippen LogP contribution in [0, 0.1) is 5.41 Å². The lowest BCUT2D eigenvalue weighted by Crippen LogP contribution is -2.43. The van der Waals surface area contributed by atoms with Gasteiger partial charge in [0, 0.05) is 24.1 Å². The van der Waals surface area contributed by atoms with Gasteiger partial charge in [-0.25, -0.2) is 0 Å². The van der Waals surface area contributed by atoms with E-state index in [9.17, 15) is 0 Å². The van der Waals surface area contributed by atoms with Gasteiger partial charge in [-0.05, 0) is 49.5 Å². The van der Waals surface area contributed by atoms with Crippen LogP contribution in [0.1, 0.15) is 36.9 Å². The molecule has 20 heavy (non-hydrogen) atoms. The van der Waals surface area contributed by atoms with Gasteiger partial charge in [0.2, 0.25) is 0 Å². The first-order chi connectivity index (χ1) is 9.66. The van der Waals surface area contributed by atoms with Crippen LogP contribution in [-0.2, 0) is 5.75 Å². The van der Waals surface area contributed by atoms with Crippen molar-refractivity contribution in [3.05, 3.63) is 35.4 Å². The van der Waals surface area contributed by atoms with Crippen molar-refractivity contribution in [2.24, 2.45) is 5.41 Å². The molecule has 1 unspecified atom stereocenters. The molecule has 1 atom stereocenters. The fourth-order valence-electron chi connectivity index (χ4n) is 3.26. The van der Waals surface area contributed by atoms with Crippen LogP contribution in [0.4, 0.5) is 0 Å². The predicted molar refractivity (Wildman–Crippen MR) is 88.2 cm³/mol. The quantitative estimate of drug-likeness (QED) is 0.919. The summed E-state index contributed by atoms with van der Waals surface area (Å²) < 4.78 is 0. The molecule has 0 saturated carbocycles. The van der Waals surface area contributed by atoms with Gasteiger partial charge in [-0.15, -0.1) is 0 Å². The summed E-state index contributed by atoms with van der Waals surface area (Å²) in [5.74, 6) is 2.39. The number of thioether (sulfide) groups is 1. The first-order valence-corrected chi connectivity index (χ1v) is 8.89. The van der Waals surface area contributed by atoms with Crippen molar-refractivity contribution in [2.75, 3.05) is 32.4 Å². The Balaban J connectivity index is 1.62. The molecule has 0 aromatic heterocycles. The maximum absolute atomic E-state index is 3.86. The largest absolute Gasteiger partial charge is 0.309 e. The lowest BCUT2D eigenvalue weighted by Gasteiger charge is -2.39. The zero-order valence-electron chi connectivity index (χ0n) is 12.7. The molecule has 1 aromatic rings. The zero-order chi connectivity index (χ0) is 14.0. The Morgan fingerprint density at radius 2 is 2.05 bits per heavy atom. The van der Waals surface area contributed by atoms with Crippen molar-refractivity contribution in [1.29, 1.82) is 0 Å². The van der Waals surface area contributed by atoms with E-state index < -0.39 is 0 Å². The van der Waals surface area contributed by atoms with Crippen LogP contribution in [0.5, 0.6) is 0 Å². The average molecular weight is 290 g/mol. The van der Waals surface area contributed by atoms with Crippen LogP contribution in [0.3, 0.4) is 0 Å². The van der Waals surface area contributed by atoms with E-state index in [4.69, 9.17) is 0 Å². The van der Waals surface area contributed by atoms with Crippen molar-refractivity contribution in [3.8, 4) is 0 Å². The molecule has 2 heterocycles. The molecular formula is C17H26N2S. The number of hydrogen-bond acceptors (Lipinski definition) is 3. The molecule has 0 radical (unpaired) electrons. The molecule has 1 aromatic carbocycles. The number of nitrogens with zero attached hydrogens (tertiary/aromatic N) is 1. The van der Waals surface area contributed by atoms with E-state index in [1.807, 2.05) is 0 Å². The standard InChI is InChI=1S/C17H26N2S/c1-17(7-9-19(2)10-8-17)13-18-16-12-20-11-14-5-3-4-6-15(14)16/h3-6,16,18H,7-13H2,1-2H3. The SMILES string of the molecule is CN1CCC(C)(CNC2CSCc3ccccc32)CC1. The molecule has 0 spiro atoms. The lowest BCUT2D eigenvalue weighted by atomic mass is 9.80. The highest BCUT2D eigenvalue weighted by atomic mass is 32.2. The highest BCUT2D eigenvalue weighted by Crippen LogP contribution is 2.34. The fraction of sp³-hybridized carbons (Fsp3) is 0.647. The van der Waals surface area contributed by atoms with Gasteiger partial charge in [0.05, 0.1) is 0 Å². The lowest BCUT2D eigenvalue weighted by molar-refractivity contribution is 0.134. The summed E-state index contributed by atoms with van der Waals surface area (Å²) in [5.41, 5.74) is 3.53. The van der Waals surface area contributed by atoms with Gasteiger partial charge in [-0.2, -0.15) is 11.8 Å². The second kappa shape index (κ2) is 6.08. The van der Waals surface area contributed by atoms with Gasteiger partial charge < -0.3 is 10.2 Å². The van der Waals surface area contributed by atoms with E-state index in [1.54, 1.807) is 0 Å². The molecule has 0 aliphatic carbocycles.